The average Bonchev–Trinajstić information content (AvgIpc) is 2.96. The zero-order valence-electron chi connectivity index (χ0n) is 25.0. The van der Waals surface area contributed by atoms with Crippen LogP contribution < -0.4 is 4.74 Å². The molecule has 0 bridgehead atoms. The first-order chi connectivity index (χ1) is 20.4. The van der Waals surface area contributed by atoms with E-state index in [0.29, 0.717) is 12.2 Å². The Morgan fingerprint density at radius 1 is 1.00 bits per heavy atom. The standard InChI is InChI=1S/C30H43NO10S2/c1-23(2)19-31(43(36,37)28-11-9-26(38-3)10-12-28)20-29(32)25(17-24-7-5-4-6-8-24)18-30(33)41-27-21-39-13-15-42(34,35)16-14-40-22-27/h4-12,23,25,27,29,32H,13-22H2,1-3H3/t25-,29-/m1/s1. The van der Waals surface area contributed by atoms with Gasteiger partial charge in [-0.1, -0.05) is 44.2 Å². The van der Waals surface area contributed by atoms with E-state index in [9.17, 15) is 26.7 Å². The van der Waals surface area contributed by atoms with E-state index in [4.69, 9.17) is 18.9 Å². The predicted octanol–water partition coefficient (Wildman–Crippen LogP) is 2.33. The number of rotatable bonds is 13. The van der Waals surface area contributed by atoms with E-state index >= 15 is 0 Å². The van der Waals surface area contributed by atoms with Gasteiger partial charge in [-0.3, -0.25) is 4.79 Å². The van der Waals surface area contributed by atoms with Crippen molar-refractivity contribution in [3.05, 3.63) is 60.2 Å². The summed E-state index contributed by atoms with van der Waals surface area (Å²) in [6.07, 6.45) is -1.82. The molecular weight excluding hydrogens is 598 g/mol. The smallest absolute Gasteiger partial charge is 0.306 e. The maximum Gasteiger partial charge on any atom is 0.306 e. The Bertz CT molecular complexity index is 1330. The number of ether oxygens (including phenoxy) is 4. The lowest BCUT2D eigenvalue weighted by Gasteiger charge is -2.30. The molecule has 1 aliphatic rings. The number of sulfonamides is 1. The number of carbonyl (C=O) groups is 1. The van der Waals surface area contributed by atoms with Crippen molar-refractivity contribution in [3.8, 4) is 5.75 Å². The maximum atomic E-state index is 13.6. The fourth-order valence-electron chi connectivity index (χ4n) is 4.66. The van der Waals surface area contributed by atoms with E-state index in [1.54, 1.807) is 12.1 Å². The number of hydrogen-bond donors (Lipinski definition) is 1. The number of esters is 1. The van der Waals surface area contributed by atoms with E-state index in [1.165, 1.54) is 23.5 Å². The van der Waals surface area contributed by atoms with Crippen molar-refractivity contribution in [2.75, 3.05) is 58.1 Å². The molecule has 13 heteroatoms. The van der Waals surface area contributed by atoms with Gasteiger partial charge < -0.3 is 24.1 Å². The lowest BCUT2D eigenvalue weighted by molar-refractivity contribution is -0.158. The van der Waals surface area contributed by atoms with Crippen molar-refractivity contribution in [1.29, 1.82) is 0 Å². The van der Waals surface area contributed by atoms with Crippen LogP contribution in [0.1, 0.15) is 25.8 Å². The van der Waals surface area contributed by atoms with Crippen LogP contribution in [-0.4, -0.2) is 103 Å². The Morgan fingerprint density at radius 3 is 2.16 bits per heavy atom. The molecule has 11 nitrogen and oxygen atoms in total. The molecule has 0 unspecified atom stereocenters. The first kappa shape index (κ1) is 34.9. The number of benzene rings is 2. The summed E-state index contributed by atoms with van der Waals surface area (Å²) in [4.78, 5) is 13.2. The van der Waals surface area contributed by atoms with Crippen LogP contribution in [0.3, 0.4) is 0 Å². The van der Waals surface area contributed by atoms with Gasteiger partial charge in [-0.15, -0.1) is 0 Å². The monoisotopic (exact) mass is 641 g/mol. The van der Waals surface area contributed by atoms with Crippen molar-refractivity contribution in [2.24, 2.45) is 11.8 Å². The molecule has 1 aliphatic heterocycles. The highest BCUT2D eigenvalue weighted by Crippen LogP contribution is 2.24. The van der Waals surface area contributed by atoms with Crippen LogP contribution in [0.2, 0.25) is 0 Å². The minimum atomic E-state index is -3.97. The highest BCUT2D eigenvalue weighted by atomic mass is 32.2. The third-order valence-corrected chi connectivity index (χ3v) is 10.4. The molecule has 2 aromatic rings. The second-order valence-electron chi connectivity index (χ2n) is 11.0. The Balaban J connectivity index is 1.76. The summed E-state index contributed by atoms with van der Waals surface area (Å²) in [5.41, 5.74) is 0.874. The number of methoxy groups -OCH3 is 1. The molecule has 2 aromatic carbocycles. The lowest BCUT2D eigenvalue weighted by atomic mass is 9.90. The van der Waals surface area contributed by atoms with Crippen LogP contribution in [0, 0.1) is 11.8 Å². The quantitative estimate of drug-likeness (QED) is 0.324. The molecule has 0 aromatic heterocycles. The molecule has 1 fully saturated rings. The SMILES string of the molecule is COc1ccc(S(=O)(=O)N(CC(C)C)C[C@@H](O)[C@@H](CC(=O)OC2COCCS(=O)(=O)CCOC2)Cc2ccccc2)cc1. The zero-order valence-corrected chi connectivity index (χ0v) is 26.6. The number of aliphatic hydroxyl groups is 1. The van der Waals surface area contributed by atoms with Gasteiger partial charge in [-0.2, -0.15) is 4.31 Å². The van der Waals surface area contributed by atoms with Gasteiger partial charge in [-0.25, -0.2) is 16.8 Å². The molecule has 1 heterocycles. The molecule has 1 saturated heterocycles. The second kappa shape index (κ2) is 16.5. The van der Waals surface area contributed by atoms with E-state index in [0.717, 1.165) is 5.56 Å². The van der Waals surface area contributed by atoms with Crippen LogP contribution in [-0.2, 0) is 45.3 Å². The van der Waals surface area contributed by atoms with Gasteiger partial charge in [0.2, 0.25) is 10.0 Å². The minimum Gasteiger partial charge on any atom is -0.497 e. The Hall–Kier alpha value is -2.55. The summed E-state index contributed by atoms with van der Waals surface area (Å²) in [7, 11) is -5.74. The molecule has 43 heavy (non-hydrogen) atoms. The molecule has 0 aliphatic carbocycles. The predicted molar refractivity (Wildman–Crippen MR) is 161 cm³/mol. The third kappa shape index (κ3) is 11.5. The highest BCUT2D eigenvalue weighted by Gasteiger charge is 2.32. The first-order valence-corrected chi connectivity index (χ1v) is 17.6. The zero-order chi connectivity index (χ0) is 31.5. The largest absolute Gasteiger partial charge is 0.497 e. The van der Waals surface area contributed by atoms with Crippen molar-refractivity contribution in [1.82, 2.24) is 4.31 Å². The third-order valence-electron chi connectivity index (χ3n) is 6.95. The molecule has 0 spiro atoms. The van der Waals surface area contributed by atoms with Gasteiger partial charge in [0.1, 0.15) is 11.9 Å². The van der Waals surface area contributed by atoms with Crippen molar-refractivity contribution < 1.29 is 45.7 Å². The number of sulfone groups is 1. The van der Waals surface area contributed by atoms with E-state index in [-0.39, 0.29) is 68.3 Å². The van der Waals surface area contributed by atoms with Crippen LogP contribution >= 0.6 is 0 Å². The van der Waals surface area contributed by atoms with Gasteiger partial charge in [-0.05, 0) is 42.2 Å². The van der Waals surface area contributed by atoms with E-state index < -0.39 is 44.0 Å². The summed E-state index contributed by atoms with van der Waals surface area (Å²) >= 11 is 0. The lowest BCUT2D eigenvalue weighted by Crippen LogP contribution is -2.43. The van der Waals surface area contributed by atoms with Crippen molar-refractivity contribution in [2.45, 2.75) is 43.8 Å². The van der Waals surface area contributed by atoms with Gasteiger partial charge >= 0.3 is 5.97 Å². The van der Waals surface area contributed by atoms with Crippen LogP contribution in [0.4, 0.5) is 0 Å². The van der Waals surface area contributed by atoms with E-state index in [2.05, 4.69) is 0 Å². The van der Waals surface area contributed by atoms with Gasteiger partial charge in [0.25, 0.3) is 0 Å². The minimum absolute atomic E-state index is 0.0138. The molecule has 0 saturated carbocycles. The van der Waals surface area contributed by atoms with Gasteiger partial charge in [0, 0.05) is 19.0 Å². The maximum absolute atomic E-state index is 13.6. The number of nitrogens with zero attached hydrogens (tertiary/aromatic N) is 1. The number of aliphatic hydroxyl groups excluding tert-OH is 1. The number of carbonyl (C=O) groups excluding carboxylic acids is 1. The van der Waals surface area contributed by atoms with Crippen molar-refractivity contribution in [3.63, 3.8) is 0 Å². The van der Waals surface area contributed by atoms with Crippen molar-refractivity contribution >= 4 is 25.8 Å². The average molecular weight is 642 g/mol. The highest BCUT2D eigenvalue weighted by molar-refractivity contribution is 7.91. The summed E-state index contributed by atoms with van der Waals surface area (Å²) in [5, 5.41) is 11.5. The Morgan fingerprint density at radius 2 is 1.60 bits per heavy atom. The van der Waals surface area contributed by atoms with E-state index in [1.807, 2.05) is 44.2 Å². The normalized spacial score (nSPS) is 18.2. The Labute approximate surface area is 255 Å². The fourth-order valence-corrected chi connectivity index (χ4v) is 7.23. The molecule has 0 radical (unpaired) electrons. The van der Waals surface area contributed by atoms with Crippen LogP contribution in [0.5, 0.6) is 5.75 Å². The molecule has 1 N–H and O–H groups in total. The van der Waals surface area contributed by atoms with Crippen LogP contribution in [0.15, 0.2) is 59.5 Å². The van der Waals surface area contributed by atoms with Crippen LogP contribution in [0.25, 0.3) is 0 Å². The molecule has 0 amide bonds. The topological polar surface area (TPSA) is 146 Å². The summed E-state index contributed by atoms with van der Waals surface area (Å²) in [5.74, 6) is -1.06. The molecular formula is C30H43NO10S2. The first-order valence-electron chi connectivity index (χ1n) is 14.3. The summed E-state index contributed by atoms with van der Waals surface area (Å²) in [6.45, 7) is 3.63. The van der Waals surface area contributed by atoms with Gasteiger partial charge in [0.05, 0.1) is 62.5 Å². The fraction of sp³-hybridized carbons (Fsp3) is 0.567. The molecule has 3 rings (SSSR count). The summed E-state index contributed by atoms with van der Waals surface area (Å²) < 4.78 is 73.9. The second-order valence-corrected chi connectivity index (χ2v) is 15.3. The summed E-state index contributed by atoms with van der Waals surface area (Å²) in [6, 6.07) is 15.4. The Kier molecular flexibility index (Phi) is 13.4. The molecule has 2 atom stereocenters. The van der Waals surface area contributed by atoms with Gasteiger partial charge in [0.15, 0.2) is 9.84 Å². The molecule has 240 valence electrons. The number of hydrogen-bond acceptors (Lipinski definition) is 10.